The topological polar surface area (TPSA) is 3.24 Å². The van der Waals surface area contributed by atoms with Crippen LogP contribution in [0.2, 0.25) is 5.02 Å². The molecule has 0 saturated carbocycles. The molecule has 20 heavy (non-hydrogen) atoms. The second-order valence-corrected chi connectivity index (χ2v) is 6.37. The summed E-state index contributed by atoms with van der Waals surface area (Å²) in [5.41, 5.74) is 4.32. The molecular formula is C18H20ClN. The molecule has 0 N–H and O–H groups in total. The minimum Gasteiger partial charge on any atom is -0.309 e. The first kappa shape index (κ1) is 13.7. The first-order valence-electron chi connectivity index (χ1n) is 7.14. The summed E-state index contributed by atoms with van der Waals surface area (Å²) < 4.78 is 0. The van der Waals surface area contributed by atoms with Gasteiger partial charge in [-0.2, -0.15) is 0 Å². The molecular weight excluding hydrogens is 266 g/mol. The van der Waals surface area contributed by atoms with Crippen molar-refractivity contribution in [2.45, 2.75) is 18.3 Å². The average molecular weight is 286 g/mol. The summed E-state index contributed by atoms with van der Waals surface area (Å²) in [6.45, 7) is 1.11. The Morgan fingerprint density at radius 3 is 2.50 bits per heavy atom. The van der Waals surface area contributed by atoms with Gasteiger partial charge in [0.1, 0.15) is 0 Å². The van der Waals surface area contributed by atoms with Crippen LogP contribution in [0.15, 0.2) is 48.5 Å². The van der Waals surface area contributed by atoms with Gasteiger partial charge in [-0.3, -0.25) is 0 Å². The highest BCUT2D eigenvalue weighted by Crippen LogP contribution is 2.45. The van der Waals surface area contributed by atoms with Crippen LogP contribution >= 0.6 is 11.6 Å². The zero-order chi connectivity index (χ0) is 14.1. The van der Waals surface area contributed by atoms with Crippen LogP contribution in [-0.2, 0) is 0 Å². The molecule has 2 aromatic carbocycles. The molecule has 0 heterocycles. The Morgan fingerprint density at radius 1 is 1.05 bits per heavy atom. The molecule has 2 atom stereocenters. The van der Waals surface area contributed by atoms with E-state index in [2.05, 4.69) is 61.5 Å². The van der Waals surface area contributed by atoms with Crippen molar-refractivity contribution in [3.8, 4) is 0 Å². The second kappa shape index (κ2) is 5.59. The fourth-order valence-corrected chi connectivity index (χ4v) is 3.59. The molecule has 0 radical (unpaired) electrons. The van der Waals surface area contributed by atoms with Gasteiger partial charge in [-0.25, -0.2) is 0 Å². The number of fused-ring (bicyclic) bond motifs is 1. The standard InChI is InChI=1S/C18H20ClN/c1-20(2)12-14-11-18(13-6-5-7-15(19)10-13)17-9-4-3-8-16(14)17/h3-10,14,18H,11-12H2,1-2H3/t14-,18+/m1/s1. The fourth-order valence-electron chi connectivity index (χ4n) is 3.39. The largest absolute Gasteiger partial charge is 0.309 e. The lowest BCUT2D eigenvalue weighted by Crippen LogP contribution is -2.19. The Balaban J connectivity index is 1.98. The van der Waals surface area contributed by atoms with Crippen molar-refractivity contribution in [3.63, 3.8) is 0 Å². The molecule has 0 fully saturated rings. The molecule has 0 aromatic heterocycles. The zero-order valence-electron chi connectivity index (χ0n) is 12.0. The predicted octanol–water partition coefficient (Wildman–Crippen LogP) is 4.52. The van der Waals surface area contributed by atoms with E-state index in [1.165, 1.54) is 23.1 Å². The van der Waals surface area contributed by atoms with E-state index in [-0.39, 0.29) is 0 Å². The number of rotatable bonds is 3. The summed E-state index contributed by atoms with van der Waals surface area (Å²) in [4.78, 5) is 2.28. The number of benzene rings is 2. The molecule has 0 saturated heterocycles. The minimum absolute atomic E-state index is 0.481. The van der Waals surface area contributed by atoms with Gasteiger partial charge < -0.3 is 4.90 Å². The van der Waals surface area contributed by atoms with E-state index in [0.717, 1.165) is 11.6 Å². The minimum atomic E-state index is 0.481. The highest BCUT2D eigenvalue weighted by atomic mass is 35.5. The summed E-state index contributed by atoms with van der Waals surface area (Å²) in [5, 5.41) is 0.830. The Kier molecular flexibility index (Phi) is 3.82. The normalized spacial score (nSPS) is 21.2. The lowest BCUT2D eigenvalue weighted by molar-refractivity contribution is 0.368. The van der Waals surface area contributed by atoms with E-state index in [4.69, 9.17) is 11.6 Å². The van der Waals surface area contributed by atoms with Crippen molar-refractivity contribution < 1.29 is 0 Å². The molecule has 0 unspecified atom stereocenters. The third-order valence-electron chi connectivity index (χ3n) is 4.17. The number of hydrogen-bond acceptors (Lipinski definition) is 1. The Morgan fingerprint density at radius 2 is 1.80 bits per heavy atom. The predicted molar refractivity (Wildman–Crippen MR) is 85.6 cm³/mol. The van der Waals surface area contributed by atoms with Crippen LogP contribution in [0, 0.1) is 0 Å². The molecule has 2 heteroatoms. The van der Waals surface area contributed by atoms with Gasteiger partial charge in [-0.05, 0) is 55.3 Å². The molecule has 1 nitrogen and oxygen atoms in total. The van der Waals surface area contributed by atoms with E-state index in [0.29, 0.717) is 11.8 Å². The molecule has 0 aliphatic heterocycles. The van der Waals surface area contributed by atoms with Crippen LogP contribution in [0.3, 0.4) is 0 Å². The van der Waals surface area contributed by atoms with Crippen LogP contribution in [0.4, 0.5) is 0 Å². The highest BCUT2D eigenvalue weighted by molar-refractivity contribution is 6.30. The molecule has 0 bridgehead atoms. The highest BCUT2D eigenvalue weighted by Gasteiger charge is 2.31. The number of halogens is 1. The number of hydrogen-bond donors (Lipinski definition) is 0. The van der Waals surface area contributed by atoms with Crippen LogP contribution in [-0.4, -0.2) is 25.5 Å². The van der Waals surface area contributed by atoms with E-state index >= 15 is 0 Å². The molecule has 104 valence electrons. The van der Waals surface area contributed by atoms with Crippen molar-refractivity contribution >= 4 is 11.6 Å². The van der Waals surface area contributed by atoms with Crippen molar-refractivity contribution in [1.29, 1.82) is 0 Å². The first-order chi connectivity index (χ1) is 9.65. The number of nitrogens with zero attached hydrogens (tertiary/aromatic N) is 1. The van der Waals surface area contributed by atoms with Gasteiger partial charge in [0.15, 0.2) is 0 Å². The van der Waals surface area contributed by atoms with Crippen LogP contribution < -0.4 is 0 Å². The van der Waals surface area contributed by atoms with Crippen molar-refractivity contribution in [2.24, 2.45) is 0 Å². The molecule has 2 aromatic rings. The maximum Gasteiger partial charge on any atom is 0.0408 e. The fraction of sp³-hybridized carbons (Fsp3) is 0.333. The lowest BCUT2D eigenvalue weighted by atomic mass is 9.93. The molecule has 3 rings (SSSR count). The van der Waals surface area contributed by atoms with Gasteiger partial charge in [0.05, 0.1) is 0 Å². The Hall–Kier alpha value is -1.31. The molecule has 0 spiro atoms. The van der Waals surface area contributed by atoms with E-state index < -0.39 is 0 Å². The monoisotopic (exact) mass is 285 g/mol. The second-order valence-electron chi connectivity index (χ2n) is 5.93. The third kappa shape index (κ3) is 2.61. The van der Waals surface area contributed by atoms with Gasteiger partial charge in [-0.1, -0.05) is 48.0 Å². The van der Waals surface area contributed by atoms with E-state index in [9.17, 15) is 0 Å². The quantitative estimate of drug-likeness (QED) is 0.801. The van der Waals surface area contributed by atoms with Crippen LogP contribution in [0.5, 0.6) is 0 Å². The van der Waals surface area contributed by atoms with Gasteiger partial charge in [0.2, 0.25) is 0 Å². The van der Waals surface area contributed by atoms with E-state index in [1.807, 2.05) is 6.07 Å². The maximum absolute atomic E-state index is 6.16. The van der Waals surface area contributed by atoms with Gasteiger partial charge in [0.25, 0.3) is 0 Å². The van der Waals surface area contributed by atoms with Crippen molar-refractivity contribution in [1.82, 2.24) is 4.90 Å². The summed E-state index contributed by atoms with van der Waals surface area (Å²) in [6.07, 6.45) is 1.18. The molecule has 1 aliphatic rings. The Labute approximate surface area is 126 Å². The van der Waals surface area contributed by atoms with Crippen molar-refractivity contribution in [3.05, 3.63) is 70.2 Å². The smallest absolute Gasteiger partial charge is 0.0408 e. The molecule has 1 aliphatic carbocycles. The van der Waals surface area contributed by atoms with Crippen LogP contribution in [0.1, 0.15) is 34.9 Å². The van der Waals surface area contributed by atoms with Gasteiger partial charge >= 0.3 is 0 Å². The summed E-state index contributed by atoms with van der Waals surface area (Å²) >= 11 is 6.16. The van der Waals surface area contributed by atoms with Crippen LogP contribution in [0.25, 0.3) is 0 Å². The Bertz CT molecular complexity index is 606. The summed E-state index contributed by atoms with van der Waals surface area (Å²) in [7, 11) is 4.30. The SMILES string of the molecule is CN(C)C[C@H]1C[C@@H](c2cccc(Cl)c2)c2ccccc21. The molecule has 0 amide bonds. The average Bonchev–Trinajstić information content (AvgIpc) is 2.77. The zero-order valence-corrected chi connectivity index (χ0v) is 12.8. The first-order valence-corrected chi connectivity index (χ1v) is 7.52. The van der Waals surface area contributed by atoms with Crippen molar-refractivity contribution in [2.75, 3.05) is 20.6 Å². The summed E-state index contributed by atoms with van der Waals surface area (Å²) in [6, 6.07) is 17.2. The third-order valence-corrected chi connectivity index (χ3v) is 4.40. The maximum atomic E-state index is 6.16. The van der Waals surface area contributed by atoms with E-state index in [1.54, 1.807) is 0 Å². The summed E-state index contributed by atoms with van der Waals surface area (Å²) in [5.74, 6) is 1.10. The number of likely N-dealkylation sites (N-methyl/N-ethyl adjacent to an activating group) is 1. The van der Waals surface area contributed by atoms with Gasteiger partial charge in [0, 0.05) is 17.5 Å². The van der Waals surface area contributed by atoms with Gasteiger partial charge in [-0.15, -0.1) is 0 Å². The lowest BCUT2D eigenvalue weighted by Gasteiger charge is -2.17.